The van der Waals surface area contributed by atoms with Gasteiger partial charge in [0, 0.05) is 43.8 Å². The number of ether oxygens (including phenoxy) is 3. The molecule has 1 fully saturated rings. The molecular weight excluding hydrogens is 523 g/mol. The zero-order chi connectivity index (χ0) is 28.2. The van der Waals surface area contributed by atoms with Crippen LogP contribution in [0.4, 0.5) is 4.39 Å². The minimum atomic E-state index is -0.618. The van der Waals surface area contributed by atoms with Gasteiger partial charge in [0.15, 0.2) is 18.1 Å². The second-order valence-electron chi connectivity index (χ2n) is 9.70. The van der Waals surface area contributed by atoms with E-state index in [0.29, 0.717) is 35.7 Å². The fraction of sp³-hybridized carbons (Fsp3) is 0.357. The largest absolute Gasteiger partial charge is 0.493 e. The molecule has 2 aromatic carbocycles. The molecule has 2 aliphatic heterocycles. The van der Waals surface area contributed by atoms with Gasteiger partial charge in [-0.3, -0.25) is 14.4 Å². The first-order valence-electron chi connectivity index (χ1n) is 12.8. The number of piperidine rings is 1. The molecule has 12 heteroatoms. The average Bonchev–Trinajstić information content (AvgIpc) is 3.34. The van der Waals surface area contributed by atoms with Crippen molar-refractivity contribution < 1.29 is 37.5 Å². The number of amides is 3. The number of fused-ring (bicyclic) bond motifs is 5. The topological polar surface area (TPSA) is 132 Å². The van der Waals surface area contributed by atoms with E-state index < -0.39 is 29.8 Å². The highest BCUT2D eigenvalue weighted by molar-refractivity contribution is 5.95. The van der Waals surface area contributed by atoms with Crippen molar-refractivity contribution in [3.63, 3.8) is 0 Å². The van der Waals surface area contributed by atoms with Crippen LogP contribution in [0.25, 0.3) is 0 Å². The number of hydrogen-bond donors (Lipinski definition) is 2. The third-order valence-electron chi connectivity index (χ3n) is 6.71. The first-order valence-corrected chi connectivity index (χ1v) is 12.8. The summed E-state index contributed by atoms with van der Waals surface area (Å²) >= 11 is 0. The number of nitrogens with one attached hydrogen (secondary N) is 2. The lowest BCUT2D eigenvalue weighted by molar-refractivity contribution is -0.133. The first-order chi connectivity index (χ1) is 19.3. The molecule has 0 aliphatic carbocycles. The number of hydrogen-bond acceptors (Lipinski definition) is 8. The van der Waals surface area contributed by atoms with Gasteiger partial charge >= 0.3 is 0 Å². The van der Waals surface area contributed by atoms with Crippen LogP contribution in [0.15, 0.2) is 47.0 Å². The second-order valence-corrected chi connectivity index (χ2v) is 9.70. The quantitative estimate of drug-likeness (QED) is 0.505. The minimum absolute atomic E-state index is 0.0329. The molecule has 2 aliphatic rings. The van der Waals surface area contributed by atoms with Crippen molar-refractivity contribution >= 4 is 17.7 Å². The lowest BCUT2D eigenvalue weighted by atomic mass is 10.00. The third kappa shape index (κ3) is 6.33. The zero-order valence-electron chi connectivity index (χ0n) is 22.1. The van der Waals surface area contributed by atoms with Gasteiger partial charge in [0.2, 0.25) is 5.91 Å². The summed E-state index contributed by atoms with van der Waals surface area (Å²) in [5.74, 6) is -0.335. The van der Waals surface area contributed by atoms with Gasteiger partial charge in [-0.15, -0.1) is 0 Å². The molecular formula is C28H29FN4O7. The average molecular weight is 553 g/mol. The van der Waals surface area contributed by atoms with Crippen LogP contribution < -0.4 is 24.8 Å². The van der Waals surface area contributed by atoms with Gasteiger partial charge in [0.1, 0.15) is 23.4 Å². The van der Waals surface area contributed by atoms with E-state index in [-0.39, 0.29) is 49.1 Å². The van der Waals surface area contributed by atoms with E-state index in [9.17, 15) is 18.8 Å². The van der Waals surface area contributed by atoms with Crippen molar-refractivity contribution in [1.29, 1.82) is 0 Å². The van der Waals surface area contributed by atoms with Gasteiger partial charge in [-0.25, -0.2) is 4.39 Å². The predicted molar refractivity (Wildman–Crippen MR) is 139 cm³/mol. The molecule has 3 aromatic rings. The Kier molecular flexibility index (Phi) is 7.85. The van der Waals surface area contributed by atoms with Crippen LogP contribution in [0.2, 0.25) is 0 Å². The Morgan fingerprint density at radius 3 is 2.83 bits per heavy atom. The van der Waals surface area contributed by atoms with Gasteiger partial charge in [0.25, 0.3) is 11.8 Å². The number of aromatic nitrogens is 1. The second kappa shape index (κ2) is 11.6. The van der Waals surface area contributed by atoms with Gasteiger partial charge in [0.05, 0.1) is 25.3 Å². The molecule has 0 radical (unpaired) electrons. The van der Waals surface area contributed by atoms with Crippen molar-refractivity contribution in [2.75, 3.05) is 26.8 Å². The summed E-state index contributed by atoms with van der Waals surface area (Å²) in [6.07, 6.45) is -0.150. The van der Waals surface area contributed by atoms with E-state index >= 15 is 0 Å². The maximum atomic E-state index is 14.5. The number of nitrogens with zero attached hydrogens (tertiary/aromatic N) is 2. The Balaban J connectivity index is 1.43. The molecule has 4 bridgehead atoms. The lowest BCUT2D eigenvalue weighted by Crippen LogP contribution is -2.58. The van der Waals surface area contributed by atoms with Crippen LogP contribution in [0.1, 0.15) is 33.8 Å². The van der Waals surface area contributed by atoms with Crippen molar-refractivity contribution in [3.05, 3.63) is 70.9 Å². The number of aryl methyl sites for hydroxylation is 1. The predicted octanol–water partition coefficient (Wildman–Crippen LogP) is 2.16. The smallest absolute Gasteiger partial charge is 0.258 e. The summed E-state index contributed by atoms with van der Waals surface area (Å²) in [6.45, 7) is 2.02. The number of carbonyl (C=O) groups is 3. The monoisotopic (exact) mass is 552 g/mol. The van der Waals surface area contributed by atoms with Crippen molar-refractivity contribution in [2.45, 2.75) is 38.5 Å². The fourth-order valence-corrected chi connectivity index (χ4v) is 4.74. The molecule has 2 N–H and O–H groups in total. The van der Waals surface area contributed by atoms with Crippen molar-refractivity contribution in [3.8, 4) is 17.2 Å². The van der Waals surface area contributed by atoms with Crippen LogP contribution in [0.5, 0.6) is 17.2 Å². The lowest BCUT2D eigenvalue weighted by Gasteiger charge is -2.39. The van der Waals surface area contributed by atoms with Crippen molar-refractivity contribution in [2.24, 2.45) is 0 Å². The van der Waals surface area contributed by atoms with E-state index in [1.54, 1.807) is 36.1 Å². The molecule has 1 aromatic heterocycles. The van der Waals surface area contributed by atoms with Crippen molar-refractivity contribution in [1.82, 2.24) is 20.7 Å². The number of rotatable bonds is 3. The van der Waals surface area contributed by atoms with Crippen LogP contribution in [0, 0.1) is 12.7 Å². The van der Waals surface area contributed by atoms with E-state index in [4.69, 9.17) is 18.7 Å². The zero-order valence-corrected chi connectivity index (χ0v) is 22.1. The van der Waals surface area contributed by atoms with E-state index in [1.165, 1.54) is 25.3 Å². The number of carbonyl (C=O) groups excluding carboxylic acids is 3. The summed E-state index contributed by atoms with van der Waals surface area (Å²) < 4.78 is 36.8. The Labute approximate surface area is 229 Å². The third-order valence-corrected chi connectivity index (χ3v) is 6.71. The summed E-state index contributed by atoms with van der Waals surface area (Å²) in [7, 11) is 1.45. The van der Waals surface area contributed by atoms with Gasteiger partial charge in [-0.2, -0.15) is 0 Å². The van der Waals surface area contributed by atoms with Crippen LogP contribution in [0.3, 0.4) is 0 Å². The SMILES string of the molecule is COc1ccc2cc1OCC(=O)NCc1cc(F)cc(c1)O[C@@H]1CCN(C(=O)Cc3cc(C)no3)C[C@@H]1NC2=O. The molecule has 0 unspecified atom stereocenters. The summed E-state index contributed by atoms with van der Waals surface area (Å²) in [4.78, 5) is 40.4. The number of benzene rings is 2. The molecule has 3 amide bonds. The van der Waals surface area contributed by atoms with Crippen LogP contribution in [-0.4, -0.2) is 66.7 Å². The number of likely N-dealkylation sites (tertiary alicyclic amines) is 1. The first kappa shape index (κ1) is 27.0. The highest BCUT2D eigenvalue weighted by Crippen LogP contribution is 2.29. The standard InChI is InChI=1S/C28H29FN4O7/c1-16-7-21(40-32-16)12-27(35)33-6-5-23-22(14-33)31-28(36)18-3-4-24(37-2)25(10-18)38-15-26(34)30-13-17-8-19(29)11-20(9-17)39-23/h3-4,7-11,22-23H,5-6,12-15H2,1-2H3,(H,30,34)(H,31,36)/t22-,23+/m0/s1. The van der Waals surface area contributed by atoms with Gasteiger partial charge in [-0.1, -0.05) is 5.16 Å². The molecule has 2 atom stereocenters. The molecule has 1 saturated heterocycles. The maximum absolute atomic E-state index is 14.5. The Hall–Kier alpha value is -4.61. The summed E-state index contributed by atoms with van der Waals surface area (Å²) in [6, 6.07) is 9.89. The molecule has 3 heterocycles. The van der Waals surface area contributed by atoms with E-state index in [1.807, 2.05) is 0 Å². The molecule has 5 rings (SSSR count). The Bertz CT molecular complexity index is 1430. The minimum Gasteiger partial charge on any atom is -0.493 e. The van der Waals surface area contributed by atoms with Gasteiger partial charge in [-0.05, 0) is 42.8 Å². The maximum Gasteiger partial charge on any atom is 0.258 e. The normalized spacial score (nSPS) is 19.4. The van der Waals surface area contributed by atoms with Crippen LogP contribution in [-0.2, 0) is 22.6 Å². The highest BCUT2D eigenvalue weighted by Gasteiger charge is 2.35. The fourth-order valence-electron chi connectivity index (χ4n) is 4.74. The summed E-state index contributed by atoms with van der Waals surface area (Å²) in [5, 5.41) is 9.48. The molecule has 210 valence electrons. The number of halogens is 1. The summed E-state index contributed by atoms with van der Waals surface area (Å²) in [5.41, 5.74) is 1.43. The molecule has 11 nitrogen and oxygen atoms in total. The Morgan fingerprint density at radius 2 is 2.05 bits per heavy atom. The van der Waals surface area contributed by atoms with E-state index in [2.05, 4.69) is 15.8 Å². The highest BCUT2D eigenvalue weighted by atomic mass is 19.1. The Morgan fingerprint density at radius 1 is 1.20 bits per heavy atom. The van der Waals surface area contributed by atoms with Crippen LogP contribution >= 0.6 is 0 Å². The van der Waals surface area contributed by atoms with Gasteiger partial charge < -0.3 is 34.3 Å². The molecule has 40 heavy (non-hydrogen) atoms. The number of methoxy groups -OCH3 is 1. The molecule has 0 spiro atoms. The van der Waals surface area contributed by atoms with E-state index in [0.717, 1.165) is 0 Å². The molecule has 0 saturated carbocycles.